The molecule has 0 aromatic rings. The van der Waals surface area contributed by atoms with Gasteiger partial charge in [0.1, 0.15) is 13.2 Å². The lowest BCUT2D eigenvalue weighted by Crippen LogP contribution is -2.30. The Bertz CT molecular complexity index is 1020. The number of carbonyl (C=O) groups is 3. The summed E-state index contributed by atoms with van der Waals surface area (Å²) in [5.41, 5.74) is 0. The van der Waals surface area contributed by atoms with Crippen LogP contribution in [0, 0.1) is 0 Å². The van der Waals surface area contributed by atoms with Crippen LogP contribution in [-0.2, 0) is 28.6 Å². The van der Waals surface area contributed by atoms with Crippen molar-refractivity contribution in [3.63, 3.8) is 0 Å². The molecule has 370 valence electrons. The van der Waals surface area contributed by atoms with Crippen LogP contribution in [0.1, 0.15) is 303 Å². The molecule has 63 heavy (non-hydrogen) atoms. The van der Waals surface area contributed by atoms with Crippen LogP contribution in [0.15, 0.2) is 24.3 Å². The lowest BCUT2D eigenvalue weighted by atomic mass is 10.0. The third-order valence-electron chi connectivity index (χ3n) is 12.5. The Balaban J connectivity index is 4.32. The van der Waals surface area contributed by atoms with Gasteiger partial charge in [-0.25, -0.2) is 0 Å². The van der Waals surface area contributed by atoms with Crippen LogP contribution in [0.2, 0.25) is 0 Å². The van der Waals surface area contributed by atoms with Gasteiger partial charge < -0.3 is 14.2 Å². The number of esters is 3. The molecule has 0 aliphatic heterocycles. The fourth-order valence-electron chi connectivity index (χ4n) is 8.24. The van der Waals surface area contributed by atoms with Gasteiger partial charge in [0.2, 0.25) is 0 Å². The first-order valence-electron chi connectivity index (χ1n) is 27.8. The van der Waals surface area contributed by atoms with Gasteiger partial charge in [0.25, 0.3) is 0 Å². The minimum Gasteiger partial charge on any atom is -0.462 e. The molecular formula is C57H106O6. The lowest BCUT2D eigenvalue weighted by molar-refractivity contribution is -0.167. The van der Waals surface area contributed by atoms with Gasteiger partial charge in [-0.1, -0.05) is 257 Å². The molecule has 0 rings (SSSR count). The Morgan fingerprint density at radius 3 is 0.905 bits per heavy atom. The van der Waals surface area contributed by atoms with Gasteiger partial charge in [0.05, 0.1) is 0 Å². The second-order valence-corrected chi connectivity index (χ2v) is 18.9. The smallest absolute Gasteiger partial charge is 0.306 e. The summed E-state index contributed by atoms with van der Waals surface area (Å²) in [5.74, 6) is -0.867. The molecule has 0 unspecified atom stereocenters. The van der Waals surface area contributed by atoms with Crippen molar-refractivity contribution in [2.24, 2.45) is 0 Å². The minimum absolute atomic E-state index is 0.0718. The zero-order valence-corrected chi connectivity index (χ0v) is 42.4. The number of hydrogen-bond donors (Lipinski definition) is 0. The highest BCUT2D eigenvalue weighted by Gasteiger charge is 2.19. The minimum atomic E-state index is -0.773. The summed E-state index contributed by atoms with van der Waals surface area (Å²) in [5, 5.41) is 0. The summed E-state index contributed by atoms with van der Waals surface area (Å²) in [6.07, 6.45) is 60.2. The van der Waals surface area contributed by atoms with E-state index in [0.717, 1.165) is 77.0 Å². The second-order valence-electron chi connectivity index (χ2n) is 18.9. The van der Waals surface area contributed by atoms with Gasteiger partial charge in [-0.15, -0.1) is 0 Å². The summed E-state index contributed by atoms with van der Waals surface area (Å²) in [4.78, 5) is 38.0. The summed E-state index contributed by atoms with van der Waals surface area (Å²) in [6, 6.07) is 0. The van der Waals surface area contributed by atoms with Crippen molar-refractivity contribution >= 4 is 17.9 Å². The highest BCUT2D eigenvalue weighted by molar-refractivity contribution is 5.71. The number of unbranched alkanes of at least 4 members (excludes halogenated alkanes) is 36. The molecule has 0 bridgehead atoms. The Morgan fingerprint density at radius 1 is 0.317 bits per heavy atom. The van der Waals surface area contributed by atoms with Gasteiger partial charge in [-0.05, 0) is 51.4 Å². The van der Waals surface area contributed by atoms with Crippen LogP contribution in [-0.4, -0.2) is 37.2 Å². The van der Waals surface area contributed by atoms with E-state index < -0.39 is 6.10 Å². The van der Waals surface area contributed by atoms with Crippen molar-refractivity contribution < 1.29 is 28.6 Å². The first kappa shape index (κ1) is 60.9. The SMILES string of the molecule is CCCCC/C=C\C/C=C\CCCCCCCC(=O)O[C@H](COC(=O)CCCCCCCCCCCCCC)COC(=O)CCCCCCCCCCCCCCCCCCCC. The first-order chi connectivity index (χ1) is 31.0. The average Bonchev–Trinajstić information content (AvgIpc) is 3.28. The maximum Gasteiger partial charge on any atom is 0.306 e. The van der Waals surface area contributed by atoms with Crippen LogP contribution < -0.4 is 0 Å². The Morgan fingerprint density at radius 2 is 0.571 bits per heavy atom. The number of ether oxygens (including phenoxy) is 3. The molecule has 1 atom stereocenters. The molecular weight excluding hydrogens is 781 g/mol. The highest BCUT2D eigenvalue weighted by atomic mass is 16.6. The van der Waals surface area contributed by atoms with Gasteiger partial charge >= 0.3 is 17.9 Å². The predicted molar refractivity (Wildman–Crippen MR) is 270 cm³/mol. The first-order valence-corrected chi connectivity index (χ1v) is 27.8. The van der Waals surface area contributed by atoms with E-state index in [-0.39, 0.29) is 31.1 Å². The quantitative estimate of drug-likeness (QED) is 0.0262. The Hall–Kier alpha value is -2.11. The Labute approximate surface area is 392 Å². The van der Waals surface area contributed by atoms with Crippen LogP contribution >= 0.6 is 0 Å². The number of rotatable bonds is 51. The number of carbonyl (C=O) groups excluding carboxylic acids is 3. The standard InChI is InChI=1S/C57H106O6/c1-4-7-10-13-16-19-22-25-27-28-29-31-32-35-38-41-44-47-50-56(59)62-53-54(52-61-55(58)49-46-43-40-37-34-24-21-18-15-12-9-6-3)63-57(60)51-48-45-42-39-36-33-30-26-23-20-17-14-11-8-5-2/h17,20,26,30,54H,4-16,18-19,21-25,27-29,31-53H2,1-3H3/b20-17-,30-26-/t54-/m1/s1. The molecule has 0 saturated carbocycles. The predicted octanol–water partition coefficient (Wildman–Crippen LogP) is 18.3. The molecule has 6 nitrogen and oxygen atoms in total. The highest BCUT2D eigenvalue weighted by Crippen LogP contribution is 2.17. The molecule has 6 heteroatoms. The van der Waals surface area contributed by atoms with E-state index in [1.165, 1.54) is 186 Å². The zero-order valence-electron chi connectivity index (χ0n) is 42.4. The van der Waals surface area contributed by atoms with E-state index in [9.17, 15) is 14.4 Å². The van der Waals surface area contributed by atoms with Crippen LogP contribution in [0.5, 0.6) is 0 Å². The van der Waals surface area contributed by atoms with E-state index in [1.54, 1.807) is 0 Å². The molecule has 0 aromatic carbocycles. The van der Waals surface area contributed by atoms with E-state index in [2.05, 4.69) is 45.1 Å². The molecule has 0 aliphatic carbocycles. The second kappa shape index (κ2) is 52.5. The van der Waals surface area contributed by atoms with E-state index >= 15 is 0 Å². The third kappa shape index (κ3) is 50.7. The largest absolute Gasteiger partial charge is 0.462 e. The molecule has 0 fully saturated rings. The van der Waals surface area contributed by atoms with Gasteiger partial charge in [-0.3, -0.25) is 14.4 Å². The van der Waals surface area contributed by atoms with Gasteiger partial charge in [-0.2, -0.15) is 0 Å². The number of hydrogen-bond acceptors (Lipinski definition) is 6. The van der Waals surface area contributed by atoms with Crippen LogP contribution in [0.25, 0.3) is 0 Å². The van der Waals surface area contributed by atoms with Crippen molar-refractivity contribution in [2.45, 2.75) is 309 Å². The molecule has 0 radical (unpaired) electrons. The fourth-order valence-corrected chi connectivity index (χ4v) is 8.24. The lowest BCUT2D eigenvalue weighted by Gasteiger charge is -2.18. The molecule has 0 saturated heterocycles. The summed E-state index contributed by atoms with van der Waals surface area (Å²) >= 11 is 0. The maximum absolute atomic E-state index is 12.8. The third-order valence-corrected chi connectivity index (χ3v) is 12.5. The van der Waals surface area contributed by atoms with Crippen molar-refractivity contribution in [3.05, 3.63) is 24.3 Å². The summed E-state index contributed by atoms with van der Waals surface area (Å²) < 4.78 is 16.8. The van der Waals surface area contributed by atoms with E-state index in [4.69, 9.17) is 14.2 Å². The number of allylic oxidation sites excluding steroid dienone is 4. The Kier molecular flexibility index (Phi) is 50.8. The van der Waals surface area contributed by atoms with Crippen molar-refractivity contribution in [3.8, 4) is 0 Å². The summed E-state index contributed by atoms with van der Waals surface area (Å²) in [7, 11) is 0. The maximum atomic E-state index is 12.8. The molecule has 0 amide bonds. The van der Waals surface area contributed by atoms with Crippen LogP contribution in [0.3, 0.4) is 0 Å². The van der Waals surface area contributed by atoms with E-state index in [1.807, 2.05) is 0 Å². The topological polar surface area (TPSA) is 78.9 Å². The summed E-state index contributed by atoms with van der Waals surface area (Å²) in [6.45, 7) is 6.64. The van der Waals surface area contributed by atoms with Crippen LogP contribution in [0.4, 0.5) is 0 Å². The molecule has 0 spiro atoms. The van der Waals surface area contributed by atoms with Crippen molar-refractivity contribution in [1.29, 1.82) is 0 Å². The van der Waals surface area contributed by atoms with Crippen molar-refractivity contribution in [1.82, 2.24) is 0 Å². The average molecular weight is 887 g/mol. The molecule has 0 aliphatic rings. The van der Waals surface area contributed by atoms with Gasteiger partial charge in [0.15, 0.2) is 6.10 Å². The van der Waals surface area contributed by atoms with E-state index in [0.29, 0.717) is 19.3 Å². The van der Waals surface area contributed by atoms with Gasteiger partial charge in [0, 0.05) is 19.3 Å². The molecule has 0 N–H and O–H groups in total. The van der Waals surface area contributed by atoms with Crippen molar-refractivity contribution in [2.75, 3.05) is 13.2 Å². The zero-order chi connectivity index (χ0) is 45.8. The fraction of sp³-hybridized carbons (Fsp3) is 0.877. The molecule has 0 heterocycles. The normalized spacial score (nSPS) is 12.1. The molecule has 0 aromatic heterocycles. The monoisotopic (exact) mass is 887 g/mol.